The Kier molecular flexibility index (Phi) is 6.20. The van der Waals surface area contributed by atoms with E-state index in [9.17, 15) is 9.59 Å². The van der Waals surface area contributed by atoms with Crippen LogP contribution in [0.1, 0.15) is 27.6 Å². The summed E-state index contributed by atoms with van der Waals surface area (Å²) in [7, 11) is 0. The average Bonchev–Trinajstić information content (AvgIpc) is 3.16. The number of nitrogens with zero attached hydrogens (tertiary/aromatic N) is 1. The van der Waals surface area contributed by atoms with E-state index in [1.807, 2.05) is 6.92 Å². The van der Waals surface area contributed by atoms with Crippen LogP contribution in [0.15, 0.2) is 58.5 Å². The van der Waals surface area contributed by atoms with Gasteiger partial charge in [0.25, 0.3) is 11.8 Å². The molecule has 3 aromatic rings. The lowest BCUT2D eigenvalue weighted by molar-refractivity contribution is 0.102. The molecule has 8 heteroatoms. The van der Waals surface area contributed by atoms with E-state index >= 15 is 0 Å². The molecule has 0 aliphatic heterocycles. The Balaban J connectivity index is 1.85. The van der Waals surface area contributed by atoms with Gasteiger partial charge in [-0.15, -0.1) is 11.3 Å². The number of nitrogens with one attached hydrogen (secondary N) is 2. The molecule has 27 heavy (non-hydrogen) atoms. The Morgan fingerprint density at radius 2 is 1.89 bits per heavy atom. The van der Waals surface area contributed by atoms with Crippen molar-refractivity contribution in [3.05, 3.63) is 69.6 Å². The highest BCUT2D eigenvalue weighted by atomic mass is 79.9. The first-order valence-corrected chi connectivity index (χ1v) is 9.79. The lowest BCUT2D eigenvalue weighted by atomic mass is 10.1. The Bertz CT molecular complexity index is 961. The van der Waals surface area contributed by atoms with Gasteiger partial charge in [-0.2, -0.15) is 0 Å². The fourth-order valence-electron chi connectivity index (χ4n) is 2.39. The minimum Gasteiger partial charge on any atom is -0.493 e. The molecule has 0 bridgehead atoms. The van der Waals surface area contributed by atoms with Crippen LogP contribution in [0.2, 0.25) is 0 Å². The first-order valence-electron chi connectivity index (χ1n) is 8.12. The molecule has 0 spiro atoms. The molecule has 0 aliphatic rings. The molecule has 1 heterocycles. The number of halogens is 1. The summed E-state index contributed by atoms with van der Waals surface area (Å²) in [4.78, 5) is 29.4. The van der Waals surface area contributed by atoms with Crippen molar-refractivity contribution < 1.29 is 14.3 Å². The van der Waals surface area contributed by atoms with E-state index < -0.39 is 0 Å². The van der Waals surface area contributed by atoms with Crippen LogP contribution in [-0.2, 0) is 0 Å². The molecule has 0 unspecified atom stereocenters. The van der Waals surface area contributed by atoms with E-state index in [1.54, 1.807) is 54.0 Å². The molecule has 6 nitrogen and oxygen atoms in total. The van der Waals surface area contributed by atoms with E-state index in [1.165, 1.54) is 11.3 Å². The van der Waals surface area contributed by atoms with Crippen molar-refractivity contribution in [2.24, 2.45) is 0 Å². The summed E-state index contributed by atoms with van der Waals surface area (Å²) in [5.74, 6) is -0.239. The van der Waals surface area contributed by atoms with Gasteiger partial charge in [-0.3, -0.25) is 14.9 Å². The summed E-state index contributed by atoms with van der Waals surface area (Å²) in [6.07, 6.45) is 1.61. The Labute approximate surface area is 168 Å². The summed E-state index contributed by atoms with van der Waals surface area (Å²) in [5, 5.41) is 7.78. The Morgan fingerprint density at radius 3 is 2.63 bits per heavy atom. The van der Waals surface area contributed by atoms with E-state index in [0.29, 0.717) is 34.3 Å². The lowest BCUT2D eigenvalue weighted by Gasteiger charge is -2.13. The lowest BCUT2D eigenvalue weighted by Crippen LogP contribution is -2.19. The van der Waals surface area contributed by atoms with Gasteiger partial charge in [0.05, 0.1) is 23.4 Å². The number of amides is 2. The number of hydrogen-bond donors (Lipinski definition) is 2. The number of rotatable bonds is 6. The molecule has 0 atom stereocenters. The van der Waals surface area contributed by atoms with Crippen LogP contribution < -0.4 is 15.4 Å². The molecule has 2 N–H and O–H groups in total. The number of benzene rings is 2. The van der Waals surface area contributed by atoms with Crippen LogP contribution >= 0.6 is 27.3 Å². The molecule has 0 fully saturated rings. The third-order valence-electron chi connectivity index (χ3n) is 3.56. The van der Waals surface area contributed by atoms with Gasteiger partial charge < -0.3 is 10.1 Å². The van der Waals surface area contributed by atoms with Crippen molar-refractivity contribution in [2.75, 3.05) is 17.2 Å². The highest BCUT2D eigenvalue weighted by Crippen LogP contribution is 2.25. The molecule has 0 saturated carbocycles. The van der Waals surface area contributed by atoms with Crippen molar-refractivity contribution in [2.45, 2.75) is 6.92 Å². The number of anilines is 2. The SMILES string of the molecule is CCOc1ccc(Br)cc1C(=O)Nc1ccccc1C(=O)Nc1nccs1. The normalized spacial score (nSPS) is 10.3. The van der Waals surface area contributed by atoms with Crippen LogP contribution in [-0.4, -0.2) is 23.4 Å². The molecule has 138 valence electrons. The first-order chi connectivity index (χ1) is 13.1. The van der Waals surface area contributed by atoms with E-state index in [2.05, 4.69) is 31.5 Å². The minimum atomic E-state index is -0.366. The molecule has 1 aromatic heterocycles. The highest BCUT2D eigenvalue weighted by molar-refractivity contribution is 9.10. The van der Waals surface area contributed by atoms with E-state index in [0.717, 1.165) is 4.47 Å². The molecule has 0 saturated heterocycles. The van der Waals surface area contributed by atoms with Crippen molar-refractivity contribution in [3.63, 3.8) is 0 Å². The topological polar surface area (TPSA) is 80.3 Å². The average molecular weight is 446 g/mol. The van der Waals surface area contributed by atoms with Crippen molar-refractivity contribution in [1.82, 2.24) is 4.98 Å². The largest absolute Gasteiger partial charge is 0.493 e. The zero-order chi connectivity index (χ0) is 19.2. The van der Waals surface area contributed by atoms with E-state index in [4.69, 9.17) is 4.74 Å². The number of para-hydroxylation sites is 1. The molecule has 2 amide bonds. The second-order valence-corrected chi connectivity index (χ2v) is 7.17. The van der Waals surface area contributed by atoms with Gasteiger partial charge in [-0.1, -0.05) is 28.1 Å². The first kappa shape index (κ1) is 19.1. The molecule has 0 radical (unpaired) electrons. The summed E-state index contributed by atoms with van der Waals surface area (Å²) in [5.41, 5.74) is 1.12. The molecule has 0 aliphatic carbocycles. The Hall–Kier alpha value is -2.71. The van der Waals surface area contributed by atoms with Gasteiger partial charge in [-0.05, 0) is 37.3 Å². The predicted octanol–water partition coefficient (Wildman–Crippen LogP) is 4.81. The number of carbonyl (C=O) groups excluding carboxylic acids is 2. The number of hydrogen-bond acceptors (Lipinski definition) is 5. The quantitative estimate of drug-likeness (QED) is 0.570. The van der Waals surface area contributed by atoms with Crippen LogP contribution in [0.3, 0.4) is 0 Å². The van der Waals surface area contributed by atoms with Crippen LogP contribution in [0.25, 0.3) is 0 Å². The predicted molar refractivity (Wildman–Crippen MR) is 110 cm³/mol. The molecule has 2 aromatic carbocycles. The number of aromatic nitrogens is 1. The summed E-state index contributed by atoms with van der Waals surface area (Å²) < 4.78 is 6.29. The highest BCUT2D eigenvalue weighted by Gasteiger charge is 2.18. The fraction of sp³-hybridized carbons (Fsp3) is 0.105. The van der Waals surface area contributed by atoms with Crippen molar-refractivity contribution in [1.29, 1.82) is 0 Å². The van der Waals surface area contributed by atoms with Crippen LogP contribution in [0.4, 0.5) is 10.8 Å². The van der Waals surface area contributed by atoms with Crippen molar-refractivity contribution >= 4 is 49.9 Å². The third kappa shape index (κ3) is 4.72. The summed E-state index contributed by atoms with van der Waals surface area (Å²) in [6.45, 7) is 2.29. The van der Waals surface area contributed by atoms with Crippen LogP contribution in [0.5, 0.6) is 5.75 Å². The van der Waals surface area contributed by atoms with Gasteiger partial charge in [0.15, 0.2) is 5.13 Å². The van der Waals surface area contributed by atoms with Gasteiger partial charge in [0.2, 0.25) is 0 Å². The number of ether oxygens (including phenoxy) is 1. The van der Waals surface area contributed by atoms with Gasteiger partial charge >= 0.3 is 0 Å². The summed E-state index contributed by atoms with van der Waals surface area (Å²) in [6, 6.07) is 12.0. The number of carbonyl (C=O) groups is 2. The zero-order valence-electron chi connectivity index (χ0n) is 14.4. The van der Waals surface area contributed by atoms with E-state index in [-0.39, 0.29) is 11.8 Å². The number of thiazole rings is 1. The summed E-state index contributed by atoms with van der Waals surface area (Å²) >= 11 is 4.69. The second kappa shape index (κ2) is 8.79. The molecule has 3 rings (SSSR count). The standard InChI is InChI=1S/C19H16BrN3O3S/c1-2-26-16-8-7-12(20)11-14(16)18(25)22-15-6-4-3-5-13(15)17(24)23-19-21-9-10-27-19/h3-11H,2H2,1H3,(H,22,25)(H,21,23,24). The fourth-order valence-corrected chi connectivity index (χ4v) is 3.28. The molecular formula is C19H16BrN3O3S. The van der Waals surface area contributed by atoms with Gasteiger partial charge in [-0.25, -0.2) is 4.98 Å². The van der Waals surface area contributed by atoms with Gasteiger partial charge in [0, 0.05) is 16.0 Å². The Morgan fingerprint density at radius 1 is 1.11 bits per heavy atom. The second-order valence-electron chi connectivity index (χ2n) is 5.36. The minimum absolute atomic E-state index is 0.342. The van der Waals surface area contributed by atoms with Crippen LogP contribution in [0, 0.1) is 0 Å². The van der Waals surface area contributed by atoms with Crippen molar-refractivity contribution in [3.8, 4) is 5.75 Å². The monoisotopic (exact) mass is 445 g/mol. The zero-order valence-corrected chi connectivity index (χ0v) is 16.8. The smallest absolute Gasteiger partial charge is 0.259 e. The maximum Gasteiger partial charge on any atom is 0.259 e. The maximum atomic E-state index is 12.8. The third-order valence-corrected chi connectivity index (χ3v) is 4.74. The maximum absolute atomic E-state index is 12.8. The van der Waals surface area contributed by atoms with Gasteiger partial charge in [0.1, 0.15) is 5.75 Å². The molecular weight excluding hydrogens is 430 g/mol.